The largest absolute Gasteiger partial charge is 0.355 e. The Balaban J connectivity index is 2.18. The van der Waals surface area contributed by atoms with Crippen molar-refractivity contribution in [2.75, 3.05) is 19.7 Å². The van der Waals surface area contributed by atoms with Crippen LogP contribution in [-0.4, -0.2) is 25.7 Å². The first kappa shape index (κ1) is 7.34. The van der Waals surface area contributed by atoms with Crippen molar-refractivity contribution in [2.45, 2.75) is 13.3 Å². The summed E-state index contributed by atoms with van der Waals surface area (Å²) in [5, 5.41) is 3.07. The highest BCUT2D eigenvalue weighted by molar-refractivity contribution is 5.79. The average Bonchev–Trinajstić information content (AvgIpc) is 2.03. The summed E-state index contributed by atoms with van der Waals surface area (Å²) in [6, 6.07) is 0. The molecule has 0 unspecified atom stereocenters. The molecule has 10 heavy (non-hydrogen) atoms. The summed E-state index contributed by atoms with van der Waals surface area (Å²) >= 11 is 0. The topological polar surface area (TPSA) is 45.6 Å². The number of hydrogen-bond acceptors (Lipinski definition) is 4. The third kappa shape index (κ3) is 2.23. The maximum Gasteiger partial charge on any atom is 0.215 e. The van der Waals surface area contributed by atoms with Gasteiger partial charge in [0, 0.05) is 13.1 Å². The minimum atomic E-state index is 0.653. The molecule has 0 saturated carbocycles. The second-order valence-electron chi connectivity index (χ2n) is 2.05. The summed E-state index contributed by atoms with van der Waals surface area (Å²) in [5.74, 6) is 0.758. The predicted molar refractivity (Wildman–Crippen MR) is 39.7 cm³/mol. The molecule has 0 aliphatic carbocycles. The summed E-state index contributed by atoms with van der Waals surface area (Å²) in [5.41, 5.74) is 2.71. The van der Waals surface area contributed by atoms with Crippen molar-refractivity contribution < 1.29 is 4.84 Å². The van der Waals surface area contributed by atoms with Gasteiger partial charge in [0.05, 0.1) is 6.61 Å². The van der Waals surface area contributed by atoms with E-state index in [1.165, 1.54) is 0 Å². The third-order valence-corrected chi connectivity index (χ3v) is 1.21. The van der Waals surface area contributed by atoms with Crippen LogP contribution in [-0.2, 0) is 4.84 Å². The van der Waals surface area contributed by atoms with Gasteiger partial charge in [-0.1, -0.05) is 0 Å². The first-order valence-corrected chi connectivity index (χ1v) is 3.59. The van der Waals surface area contributed by atoms with E-state index in [9.17, 15) is 0 Å². The van der Waals surface area contributed by atoms with Gasteiger partial charge in [-0.05, 0) is 13.3 Å². The lowest BCUT2D eigenvalue weighted by Gasteiger charge is -2.14. The second kappa shape index (κ2) is 4.11. The summed E-state index contributed by atoms with van der Waals surface area (Å²) in [4.78, 5) is 9.07. The van der Waals surface area contributed by atoms with Gasteiger partial charge in [-0.2, -0.15) is 0 Å². The van der Waals surface area contributed by atoms with E-state index in [4.69, 9.17) is 4.84 Å². The maximum absolute atomic E-state index is 4.93. The number of rotatable bonds is 2. The Morgan fingerprint density at radius 1 is 1.80 bits per heavy atom. The van der Waals surface area contributed by atoms with Crippen molar-refractivity contribution in [1.29, 1.82) is 0 Å². The fourth-order valence-electron chi connectivity index (χ4n) is 0.741. The Labute approximate surface area is 60.6 Å². The molecule has 2 N–H and O–H groups in total. The number of hydrogen-bond donors (Lipinski definition) is 2. The van der Waals surface area contributed by atoms with Crippen LogP contribution in [0.15, 0.2) is 4.99 Å². The van der Waals surface area contributed by atoms with Gasteiger partial charge in [-0.15, -0.1) is 0 Å². The van der Waals surface area contributed by atoms with E-state index in [1.54, 1.807) is 0 Å². The van der Waals surface area contributed by atoms with Gasteiger partial charge in [0.25, 0.3) is 0 Å². The van der Waals surface area contributed by atoms with E-state index in [0.717, 1.165) is 25.5 Å². The van der Waals surface area contributed by atoms with Gasteiger partial charge in [0.1, 0.15) is 0 Å². The van der Waals surface area contributed by atoms with E-state index in [-0.39, 0.29) is 0 Å². The Hall–Kier alpha value is -0.770. The minimum absolute atomic E-state index is 0.653. The Morgan fingerprint density at radius 2 is 2.70 bits per heavy atom. The van der Waals surface area contributed by atoms with E-state index in [1.807, 2.05) is 6.92 Å². The number of aliphatic imine (C=N–C) groups is 1. The lowest BCUT2D eigenvalue weighted by Crippen LogP contribution is -2.40. The molecule has 1 heterocycles. The SMILES string of the molecule is CCONC1=NCCCN1. The fraction of sp³-hybridized carbons (Fsp3) is 0.833. The fourth-order valence-corrected chi connectivity index (χ4v) is 0.741. The van der Waals surface area contributed by atoms with Crippen LogP contribution in [0.4, 0.5) is 0 Å². The van der Waals surface area contributed by atoms with Crippen LogP contribution < -0.4 is 10.8 Å². The zero-order chi connectivity index (χ0) is 7.23. The van der Waals surface area contributed by atoms with Crippen LogP contribution in [0.1, 0.15) is 13.3 Å². The molecule has 0 aromatic heterocycles. The van der Waals surface area contributed by atoms with Gasteiger partial charge in [0.15, 0.2) is 0 Å². The molecule has 1 rings (SSSR count). The molecule has 0 amide bonds. The van der Waals surface area contributed by atoms with Gasteiger partial charge < -0.3 is 5.32 Å². The van der Waals surface area contributed by atoms with Crippen LogP contribution in [0.3, 0.4) is 0 Å². The lowest BCUT2D eigenvalue weighted by molar-refractivity contribution is 0.0935. The average molecular weight is 143 g/mol. The van der Waals surface area contributed by atoms with Crippen LogP contribution in [0, 0.1) is 0 Å². The molecule has 4 nitrogen and oxygen atoms in total. The van der Waals surface area contributed by atoms with E-state index < -0.39 is 0 Å². The molecule has 0 saturated heterocycles. The number of hydroxylamine groups is 1. The molecular weight excluding hydrogens is 130 g/mol. The number of guanidine groups is 1. The number of nitrogens with zero attached hydrogens (tertiary/aromatic N) is 1. The van der Waals surface area contributed by atoms with Crippen LogP contribution >= 0.6 is 0 Å². The van der Waals surface area contributed by atoms with Crippen molar-refractivity contribution in [3.8, 4) is 0 Å². The molecule has 58 valence electrons. The van der Waals surface area contributed by atoms with Gasteiger partial charge in [-0.25, -0.2) is 5.48 Å². The predicted octanol–water partition coefficient (Wildman–Crippen LogP) is -0.123. The summed E-state index contributed by atoms with van der Waals surface area (Å²) in [6.07, 6.45) is 1.11. The van der Waals surface area contributed by atoms with E-state index in [0.29, 0.717) is 6.61 Å². The molecule has 1 aliphatic rings. The van der Waals surface area contributed by atoms with E-state index in [2.05, 4.69) is 15.8 Å². The van der Waals surface area contributed by atoms with Crippen molar-refractivity contribution in [2.24, 2.45) is 4.99 Å². The smallest absolute Gasteiger partial charge is 0.215 e. The molecule has 0 aromatic carbocycles. The molecule has 0 aromatic rings. The molecule has 4 heteroatoms. The Morgan fingerprint density at radius 3 is 3.30 bits per heavy atom. The quantitative estimate of drug-likeness (QED) is 0.530. The van der Waals surface area contributed by atoms with Crippen LogP contribution in [0.5, 0.6) is 0 Å². The standard InChI is InChI=1S/C6H13N3O/c1-2-10-9-6-7-4-3-5-8-6/h2-5H2,1H3,(H2,7,8,9). The third-order valence-electron chi connectivity index (χ3n) is 1.21. The normalized spacial score (nSPS) is 17.5. The lowest BCUT2D eigenvalue weighted by atomic mass is 10.4. The monoisotopic (exact) mass is 143 g/mol. The zero-order valence-corrected chi connectivity index (χ0v) is 6.18. The van der Waals surface area contributed by atoms with Crippen molar-refractivity contribution in [3.63, 3.8) is 0 Å². The molecule has 0 bridgehead atoms. The summed E-state index contributed by atoms with van der Waals surface area (Å²) in [7, 11) is 0. The highest BCUT2D eigenvalue weighted by Gasteiger charge is 2.00. The summed E-state index contributed by atoms with van der Waals surface area (Å²) < 4.78 is 0. The Kier molecular flexibility index (Phi) is 3.02. The van der Waals surface area contributed by atoms with Crippen molar-refractivity contribution in [1.82, 2.24) is 10.8 Å². The van der Waals surface area contributed by atoms with Crippen LogP contribution in [0.25, 0.3) is 0 Å². The molecule has 0 fully saturated rings. The van der Waals surface area contributed by atoms with Gasteiger partial charge in [0.2, 0.25) is 5.96 Å². The Bertz CT molecular complexity index is 124. The van der Waals surface area contributed by atoms with Gasteiger partial charge in [-0.3, -0.25) is 9.83 Å². The van der Waals surface area contributed by atoms with Gasteiger partial charge >= 0.3 is 0 Å². The number of nitrogens with one attached hydrogen (secondary N) is 2. The molecule has 1 aliphatic heterocycles. The first-order valence-electron chi connectivity index (χ1n) is 3.59. The molecule has 0 atom stereocenters. The van der Waals surface area contributed by atoms with E-state index >= 15 is 0 Å². The maximum atomic E-state index is 4.93. The van der Waals surface area contributed by atoms with Crippen molar-refractivity contribution >= 4 is 5.96 Å². The highest BCUT2D eigenvalue weighted by atomic mass is 16.6. The second-order valence-corrected chi connectivity index (χ2v) is 2.05. The minimum Gasteiger partial charge on any atom is -0.355 e. The molecule has 0 spiro atoms. The molecular formula is C6H13N3O. The van der Waals surface area contributed by atoms with Crippen molar-refractivity contribution in [3.05, 3.63) is 0 Å². The first-order chi connectivity index (χ1) is 4.93. The zero-order valence-electron chi connectivity index (χ0n) is 6.18. The molecule has 0 radical (unpaired) electrons. The highest BCUT2D eigenvalue weighted by Crippen LogP contribution is 1.86. The summed E-state index contributed by atoms with van der Waals surface area (Å²) in [6.45, 7) is 4.46. The van der Waals surface area contributed by atoms with Crippen LogP contribution in [0.2, 0.25) is 0 Å².